The van der Waals surface area contributed by atoms with E-state index in [-0.39, 0.29) is 24.1 Å². The average molecular weight is 270 g/mol. The molecule has 2 atom stereocenters. The van der Waals surface area contributed by atoms with Crippen LogP contribution in [-0.2, 0) is 4.74 Å². The van der Waals surface area contributed by atoms with E-state index in [4.69, 9.17) is 4.74 Å². The molecule has 0 spiro atoms. The number of carbonyl (C=O) groups excluding carboxylic acids is 1. The van der Waals surface area contributed by atoms with Crippen molar-refractivity contribution in [3.8, 4) is 0 Å². The minimum Gasteiger partial charge on any atom is -0.387 e. The number of rotatable bonds is 6. The van der Waals surface area contributed by atoms with Crippen molar-refractivity contribution in [2.24, 2.45) is 11.3 Å². The van der Waals surface area contributed by atoms with Crippen molar-refractivity contribution >= 4 is 6.03 Å². The van der Waals surface area contributed by atoms with Crippen LogP contribution in [0.1, 0.15) is 40.0 Å². The summed E-state index contributed by atoms with van der Waals surface area (Å²) in [7, 11) is 0. The zero-order valence-electron chi connectivity index (χ0n) is 12.2. The number of urea groups is 1. The molecule has 5 heteroatoms. The predicted molar refractivity (Wildman–Crippen MR) is 72.9 cm³/mol. The zero-order chi connectivity index (χ0) is 14.1. The van der Waals surface area contributed by atoms with Gasteiger partial charge in [-0.15, -0.1) is 0 Å². The minimum atomic E-state index is -0.871. The molecule has 5 nitrogen and oxygen atoms in total. The zero-order valence-corrected chi connectivity index (χ0v) is 12.2. The van der Waals surface area contributed by atoms with Crippen molar-refractivity contribution in [1.29, 1.82) is 0 Å². The van der Waals surface area contributed by atoms with Crippen molar-refractivity contribution in [2.75, 3.05) is 19.7 Å². The van der Waals surface area contributed by atoms with Crippen molar-refractivity contribution < 1.29 is 14.6 Å². The van der Waals surface area contributed by atoms with Crippen molar-refractivity contribution in [3.63, 3.8) is 0 Å². The molecule has 2 rings (SSSR count). The molecule has 3 N–H and O–H groups in total. The molecule has 2 fully saturated rings. The largest absolute Gasteiger partial charge is 0.387 e. The van der Waals surface area contributed by atoms with Gasteiger partial charge in [0.15, 0.2) is 0 Å². The predicted octanol–water partition coefficient (Wildman–Crippen LogP) is 1.26. The lowest BCUT2D eigenvalue weighted by atomic mass is 9.56. The second-order valence-electron chi connectivity index (χ2n) is 6.41. The Balaban J connectivity index is 1.73. The van der Waals surface area contributed by atoms with Crippen molar-refractivity contribution in [1.82, 2.24) is 10.6 Å². The number of nitrogens with one attached hydrogen (secondary N) is 2. The lowest BCUT2D eigenvalue weighted by Gasteiger charge is -2.57. The fourth-order valence-corrected chi connectivity index (χ4v) is 2.61. The Morgan fingerprint density at radius 3 is 2.58 bits per heavy atom. The van der Waals surface area contributed by atoms with Gasteiger partial charge in [-0.05, 0) is 25.7 Å². The second-order valence-corrected chi connectivity index (χ2v) is 6.41. The van der Waals surface area contributed by atoms with Gasteiger partial charge in [0.05, 0.1) is 11.7 Å². The first-order chi connectivity index (χ1) is 8.89. The lowest BCUT2D eigenvalue weighted by Crippen LogP contribution is -2.69. The molecule has 0 saturated heterocycles. The summed E-state index contributed by atoms with van der Waals surface area (Å²) in [6.07, 6.45) is 3.08. The summed E-state index contributed by atoms with van der Waals surface area (Å²) in [5, 5.41) is 16.2. The van der Waals surface area contributed by atoms with Crippen LogP contribution in [0.3, 0.4) is 0 Å². The van der Waals surface area contributed by atoms with E-state index in [1.807, 2.05) is 20.8 Å². The van der Waals surface area contributed by atoms with E-state index in [0.717, 1.165) is 6.54 Å². The van der Waals surface area contributed by atoms with Gasteiger partial charge in [-0.1, -0.05) is 13.8 Å². The molecule has 19 heavy (non-hydrogen) atoms. The van der Waals surface area contributed by atoms with Gasteiger partial charge in [-0.3, -0.25) is 0 Å². The van der Waals surface area contributed by atoms with Crippen LogP contribution >= 0.6 is 0 Å². The highest BCUT2D eigenvalue weighted by Crippen LogP contribution is 2.50. The number of amides is 2. The lowest BCUT2D eigenvalue weighted by molar-refractivity contribution is -0.237. The average Bonchev–Trinajstić information content (AvgIpc) is 3.17. The van der Waals surface area contributed by atoms with Gasteiger partial charge in [-0.25, -0.2) is 4.79 Å². The first-order valence-corrected chi connectivity index (χ1v) is 7.25. The Bertz CT molecular complexity index is 342. The first kappa shape index (κ1) is 14.6. The topological polar surface area (TPSA) is 70.6 Å². The van der Waals surface area contributed by atoms with Crippen LogP contribution in [0.25, 0.3) is 0 Å². The highest BCUT2D eigenvalue weighted by Gasteiger charge is 2.59. The van der Waals surface area contributed by atoms with Crippen LogP contribution in [-0.4, -0.2) is 42.5 Å². The van der Waals surface area contributed by atoms with E-state index >= 15 is 0 Å². The molecule has 2 saturated carbocycles. The summed E-state index contributed by atoms with van der Waals surface area (Å²) in [6, 6.07) is -0.184. The van der Waals surface area contributed by atoms with Gasteiger partial charge < -0.3 is 20.5 Å². The Morgan fingerprint density at radius 2 is 2.05 bits per heavy atom. The van der Waals surface area contributed by atoms with Crippen molar-refractivity contribution in [2.45, 2.75) is 51.7 Å². The molecule has 2 aliphatic rings. The highest BCUT2D eigenvalue weighted by molar-refractivity contribution is 5.74. The summed E-state index contributed by atoms with van der Waals surface area (Å²) in [4.78, 5) is 11.6. The van der Waals surface area contributed by atoms with Crippen LogP contribution in [0.2, 0.25) is 0 Å². The summed E-state index contributed by atoms with van der Waals surface area (Å²) >= 11 is 0. The maximum Gasteiger partial charge on any atom is 0.314 e. The monoisotopic (exact) mass is 270 g/mol. The molecule has 0 heterocycles. The molecule has 0 radical (unpaired) electrons. The van der Waals surface area contributed by atoms with Crippen LogP contribution in [0.5, 0.6) is 0 Å². The molecule has 0 bridgehead atoms. The second kappa shape index (κ2) is 5.29. The third-order valence-corrected chi connectivity index (χ3v) is 4.68. The molecular formula is C14H26N2O3. The molecule has 0 aliphatic heterocycles. The van der Waals surface area contributed by atoms with E-state index < -0.39 is 5.60 Å². The first-order valence-electron chi connectivity index (χ1n) is 7.25. The smallest absolute Gasteiger partial charge is 0.314 e. The highest BCUT2D eigenvalue weighted by atomic mass is 16.5. The van der Waals surface area contributed by atoms with Crippen LogP contribution in [0, 0.1) is 11.3 Å². The fraction of sp³-hybridized carbons (Fsp3) is 0.929. The summed E-state index contributed by atoms with van der Waals surface area (Å²) in [5.74, 6) is 0.663. The van der Waals surface area contributed by atoms with E-state index in [1.54, 1.807) is 0 Å². The fourth-order valence-electron chi connectivity index (χ4n) is 2.61. The third kappa shape index (κ3) is 3.03. The Hall–Kier alpha value is -0.810. The molecule has 2 amide bonds. The van der Waals surface area contributed by atoms with E-state index in [9.17, 15) is 9.90 Å². The minimum absolute atomic E-state index is 0.0684. The van der Waals surface area contributed by atoms with Crippen LogP contribution < -0.4 is 10.6 Å². The third-order valence-electron chi connectivity index (χ3n) is 4.68. The van der Waals surface area contributed by atoms with Gasteiger partial charge in [0.1, 0.15) is 0 Å². The number of aliphatic hydroxyl groups is 1. The quantitative estimate of drug-likeness (QED) is 0.680. The molecule has 2 aliphatic carbocycles. The van der Waals surface area contributed by atoms with Crippen LogP contribution in [0.15, 0.2) is 0 Å². The SMILES string of the molecule is CCO[C@@H]1C[C@](O)(CNC(=O)NCC2CC2)C1(C)C. The van der Waals surface area contributed by atoms with Crippen LogP contribution in [0.4, 0.5) is 4.79 Å². The summed E-state index contributed by atoms with van der Waals surface area (Å²) in [5.41, 5.74) is -1.20. The molecule has 0 aromatic heterocycles. The molecule has 0 aromatic rings. The van der Waals surface area contributed by atoms with E-state index in [2.05, 4.69) is 10.6 Å². The number of hydrogen-bond donors (Lipinski definition) is 3. The molecule has 0 unspecified atom stereocenters. The van der Waals surface area contributed by atoms with Gasteiger partial charge in [-0.2, -0.15) is 0 Å². The standard InChI is InChI=1S/C14H26N2O3/c1-4-19-11-7-14(18,13(11,2)3)9-16-12(17)15-8-10-5-6-10/h10-11,18H,4-9H2,1-3H3,(H2,15,16,17)/t11-,14+/m1/s1. The molecular weight excluding hydrogens is 244 g/mol. The van der Waals surface area contributed by atoms with E-state index in [1.165, 1.54) is 12.8 Å². The van der Waals surface area contributed by atoms with Gasteiger partial charge >= 0.3 is 6.03 Å². The summed E-state index contributed by atoms with van der Waals surface area (Å²) < 4.78 is 5.59. The Morgan fingerprint density at radius 1 is 1.37 bits per heavy atom. The maximum atomic E-state index is 11.6. The van der Waals surface area contributed by atoms with Gasteiger partial charge in [0, 0.05) is 31.5 Å². The number of hydrogen-bond acceptors (Lipinski definition) is 3. The van der Waals surface area contributed by atoms with Gasteiger partial charge in [0.25, 0.3) is 0 Å². The molecule has 110 valence electrons. The normalized spacial score (nSPS) is 32.5. The van der Waals surface area contributed by atoms with Gasteiger partial charge in [0.2, 0.25) is 0 Å². The number of ether oxygens (including phenoxy) is 1. The maximum absolute atomic E-state index is 11.6. The van der Waals surface area contributed by atoms with Crippen molar-refractivity contribution in [3.05, 3.63) is 0 Å². The molecule has 0 aromatic carbocycles. The Labute approximate surface area is 115 Å². The Kier molecular flexibility index (Phi) is 4.06. The number of carbonyl (C=O) groups is 1. The van der Waals surface area contributed by atoms with E-state index in [0.29, 0.717) is 18.9 Å². The summed E-state index contributed by atoms with van der Waals surface area (Å²) in [6.45, 7) is 7.60.